The molecule has 2 aromatic carbocycles. The second kappa shape index (κ2) is 7.20. The van der Waals surface area contributed by atoms with Crippen LogP contribution in [0.4, 0.5) is 11.6 Å². The molecule has 6 heteroatoms. The zero-order valence-corrected chi connectivity index (χ0v) is 14.8. The van der Waals surface area contributed by atoms with Crippen LogP contribution in [0.1, 0.15) is 12.0 Å². The number of nitrogens with one attached hydrogen (secondary N) is 2. The van der Waals surface area contributed by atoms with Gasteiger partial charge in [-0.2, -0.15) is 0 Å². The molecule has 2 heterocycles. The fourth-order valence-electron chi connectivity index (χ4n) is 2.94. The van der Waals surface area contributed by atoms with E-state index in [4.69, 9.17) is 22.8 Å². The van der Waals surface area contributed by atoms with Crippen LogP contribution < -0.4 is 15.4 Å². The fourth-order valence-corrected chi connectivity index (χ4v) is 3.20. The summed E-state index contributed by atoms with van der Waals surface area (Å²) >= 11 is 6.29. The molecule has 0 amide bonds. The Labute approximate surface area is 156 Å². The summed E-state index contributed by atoms with van der Waals surface area (Å²) in [6.45, 7) is 1.88. The van der Waals surface area contributed by atoms with Gasteiger partial charge in [0, 0.05) is 35.4 Å². The van der Waals surface area contributed by atoms with Crippen molar-refractivity contribution in [2.24, 2.45) is 0 Å². The molecule has 0 aliphatic carbocycles. The van der Waals surface area contributed by atoms with Crippen LogP contribution in [-0.2, 0) is 0 Å². The van der Waals surface area contributed by atoms with Gasteiger partial charge in [-0.1, -0.05) is 23.6 Å². The lowest BCUT2D eigenvalue weighted by Gasteiger charge is -2.13. The molecule has 3 aromatic rings. The highest BCUT2D eigenvalue weighted by molar-refractivity contribution is 6.36. The van der Waals surface area contributed by atoms with Crippen LogP contribution in [0.5, 0.6) is 5.75 Å². The Kier molecular flexibility index (Phi) is 4.61. The predicted octanol–water partition coefficient (Wildman–Crippen LogP) is 3.75. The lowest BCUT2D eigenvalue weighted by atomic mass is 10.1. The minimum Gasteiger partial charge on any atom is -0.489 e. The van der Waals surface area contributed by atoms with E-state index in [0.29, 0.717) is 16.5 Å². The average Bonchev–Trinajstić information content (AvgIpc) is 3.15. The minimum atomic E-state index is 0.217. The molecular formula is C20H17ClN4O. The molecule has 0 saturated carbocycles. The summed E-state index contributed by atoms with van der Waals surface area (Å²) in [4.78, 5) is 8.86. The van der Waals surface area contributed by atoms with Gasteiger partial charge in [0.2, 0.25) is 5.95 Å². The van der Waals surface area contributed by atoms with Gasteiger partial charge in [0.05, 0.1) is 10.5 Å². The first-order valence-corrected chi connectivity index (χ1v) is 8.77. The monoisotopic (exact) mass is 364 g/mol. The highest BCUT2D eigenvalue weighted by atomic mass is 35.5. The molecule has 1 aromatic heterocycles. The maximum Gasteiger partial charge on any atom is 0.227 e. The standard InChI is InChI=1S/C20H17ClN4O/c1-2-13-6-7-18-17(19(13)21)12-23-20(25-18)24-14-4-3-5-15(10-14)26-16-8-9-22-11-16/h1,3-7,10,12,16,22H,8-9,11H2,(H,23,24,25)/t16-/m1/s1. The van der Waals surface area contributed by atoms with Crippen LogP contribution in [0.15, 0.2) is 42.6 Å². The average molecular weight is 365 g/mol. The molecule has 4 rings (SSSR count). The number of hydrogen-bond donors (Lipinski definition) is 2. The Morgan fingerprint density at radius 3 is 3.04 bits per heavy atom. The van der Waals surface area contributed by atoms with Crippen LogP contribution in [0.25, 0.3) is 10.9 Å². The zero-order valence-electron chi connectivity index (χ0n) is 14.0. The first kappa shape index (κ1) is 16.6. The van der Waals surface area contributed by atoms with Crippen molar-refractivity contribution in [3.63, 3.8) is 0 Å². The van der Waals surface area contributed by atoms with Crippen LogP contribution in [-0.4, -0.2) is 29.2 Å². The van der Waals surface area contributed by atoms with E-state index in [1.54, 1.807) is 12.3 Å². The molecule has 1 aliphatic heterocycles. The van der Waals surface area contributed by atoms with E-state index in [9.17, 15) is 0 Å². The Balaban J connectivity index is 1.56. The molecule has 2 N–H and O–H groups in total. The predicted molar refractivity (Wildman–Crippen MR) is 104 cm³/mol. The molecular weight excluding hydrogens is 348 g/mol. The third kappa shape index (κ3) is 3.43. The Morgan fingerprint density at radius 1 is 1.31 bits per heavy atom. The van der Waals surface area contributed by atoms with Gasteiger partial charge in [0.25, 0.3) is 0 Å². The highest BCUT2D eigenvalue weighted by Crippen LogP contribution is 2.27. The van der Waals surface area contributed by atoms with E-state index in [2.05, 4.69) is 26.5 Å². The second-order valence-corrected chi connectivity index (χ2v) is 6.46. The molecule has 0 unspecified atom stereocenters. The Hall–Kier alpha value is -2.81. The number of fused-ring (bicyclic) bond motifs is 1. The number of anilines is 2. The van der Waals surface area contributed by atoms with E-state index < -0.39 is 0 Å². The third-order valence-electron chi connectivity index (χ3n) is 4.26. The van der Waals surface area contributed by atoms with Crippen LogP contribution in [0, 0.1) is 12.3 Å². The third-order valence-corrected chi connectivity index (χ3v) is 4.67. The summed E-state index contributed by atoms with van der Waals surface area (Å²) < 4.78 is 5.99. The molecule has 1 aliphatic rings. The van der Waals surface area contributed by atoms with E-state index in [-0.39, 0.29) is 6.10 Å². The first-order valence-electron chi connectivity index (χ1n) is 8.39. The molecule has 1 fully saturated rings. The van der Waals surface area contributed by atoms with Crippen molar-refractivity contribution in [2.45, 2.75) is 12.5 Å². The number of rotatable bonds is 4. The van der Waals surface area contributed by atoms with Gasteiger partial charge in [0.1, 0.15) is 11.9 Å². The van der Waals surface area contributed by atoms with Gasteiger partial charge in [0.15, 0.2) is 0 Å². The molecule has 1 saturated heterocycles. The fraction of sp³-hybridized carbons (Fsp3) is 0.200. The molecule has 0 radical (unpaired) electrons. The molecule has 130 valence electrons. The maximum atomic E-state index is 6.29. The van der Waals surface area contributed by atoms with Crippen molar-refractivity contribution in [1.29, 1.82) is 0 Å². The van der Waals surface area contributed by atoms with Crippen molar-refractivity contribution in [2.75, 3.05) is 18.4 Å². The van der Waals surface area contributed by atoms with Crippen molar-refractivity contribution >= 4 is 34.1 Å². The maximum absolute atomic E-state index is 6.29. The van der Waals surface area contributed by atoms with E-state index in [0.717, 1.165) is 41.9 Å². The summed E-state index contributed by atoms with van der Waals surface area (Å²) in [6, 6.07) is 11.4. The van der Waals surface area contributed by atoms with E-state index in [1.165, 1.54) is 0 Å². The van der Waals surface area contributed by atoms with Crippen molar-refractivity contribution < 1.29 is 4.74 Å². The minimum absolute atomic E-state index is 0.217. The molecule has 26 heavy (non-hydrogen) atoms. The van der Waals surface area contributed by atoms with Crippen LogP contribution >= 0.6 is 11.6 Å². The van der Waals surface area contributed by atoms with E-state index >= 15 is 0 Å². The summed E-state index contributed by atoms with van der Waals surface area (Å²) in [7, 11) is 0. The van der Waals surface area contributed by atoms with Crippen molar-refractivity contribution in [1.82, 2.24) is 15.3 Å². The number of benzene rings is 2. The number of ether oxygens (including phenoxy) is 1. The van der Waals surface area contributed by atoms with Crippen molar-refractivity contribution in [3.05, 3.63) is 53.2 Å². The molecule has 5 nitrogen and oxygen atoms in total. The molecule has 0 bridgehead atoms. The number of hydrogen-bond acceptors (Lipinski definition) is 5. The van der Waals surface area contributed by atoms with Gasteiger partial charge in [-0.05, 0) is 37.2 Å². The Bertz CT molecular complexity index is 993. The Morgan fingerprint density at radius 2 is 2.23 bits per heavy atom. The summed E-state index contributed by atoms with van der Waals surface area (Å²) in [5.74, 6) is 3.87. The lowest BCUT2D eigenvalue weighted by molar-refractivity contribution is 0.223. The SMILES string of the molecule is C#Cc1ccc2nc(Nc3cccc(O[C@@H]4CCNC4)c3)ncc2c1Cl. The summed E-state index contributed by atoms with van der Waals surface area (Å²) in [6.07, 6.45) is 8.36. The first-order chi connectivity index (χ1) is 12.7. The summed E-state index contributed by atoms with van der Waals surface area (Å²) in [5.41, 5.74) is 2.23. The lowest BCUT2D eigenvalue weighted by Crippen LogP contribution is -2.19. The largest absolute Gasteiger partial charge is 0.489 e. The summed E-state index contributed by atoms with van der Waals surface area (Å²) in [5, 5.41) is 7.73. The van der Waals surface area contributed by atoms with E-state index in [1.807, 2.05) is 30.3 Å². The highest BCUT2D eigenvalue weighted by Gasteiger charge is 2.16. The topological polar surface area (TPSA) is 59.1 Å². The smallest absolute Gasteiger partial charge is 0.227 e. The normalized spacial score (nSPS) is 16.4. The van der Waals surface area contributed by atoms with Crippen LogP contribution in [0.2, 0.25) is 5.02 Å². The molecule has 1 atom stereocenters. The number of halogens is 1. The van der Waals surface area contributed by atoms with Crippen LogP contribution in [0.3, 0.4) is 0 Å². The number of terminal acetylenes is 1. The van der Waals surface area contributed by atoms with Gasteiger partial charge < -0.3 is 15.4 Å². The zero-order chi connectivity index (χ0) is 17.9. The molecule has 0 spiro atoms. The van der Waals surface area contributed by atoms with Gasteiger partial charge in [-0.3, -0.25) is 0 Å². The van der Waals surface area contributed by atoms with Gasteiger partial charge in [-0.15, -0.1) is 6.42 Å². The van der Waals surface area contributed by atoms with Gasteiger partial charge in [-0.25, -0.2) is 9.97 Å². The number of aromatic nitrogens is 2. The number of nitrogens with zero attached hydrogens (tertiary/aromatic N) is 2. The second-order valence-electron chi connectivity index (χ2n) is 6.08. The quantitative estimate of drug-likeness (QED) is 0.690. The van der Waals surface area contributed by atoms with Crippen molar-refractivity contribution in [3.8, 4) is 18.1 Å². The van der Waals surface area contributed by atoms with Gasteiger partial charge >= 0.3 is 0 Å².